The molecule has 2 rings (SSSR count). The van der Waals surface area contributed by atoms with E-state index < -0.39 is 0 Å². The summed E-state index contributed by atoms with van der Waals surface area (Å²) < 4.78 is 1.78. The normalized spacial score (nSPS) is 12.7. The molecule has 0 bridgehead atoms. The summed E-state index contributed by atoms with van der Waals surface area (Å²) in [4.78, 5) is 17.3. The van der Waals surface area contributed by atoms with Crippen LogP contribution in [0.15, 0.2) is 29.1 Å². The van der Waals surface area contributed by atoms with Gasteiger partial charge in [-0.1, -0.05) is 38.3 Å². The number of unbranched alkanes of at least 4 members (excludes halogenated alkanes) is 3. The van der Waals surface area contributed by atoms with E-state index in [0.29, 0.717) is 11.9 Å². The predicted molar refractivity (Wildman–Crippen MR) is 92.2 cm³/mol. The molecule has 0 aliphatic heterocycles. The summed E-state index contributed by atoms with van der Waals surface area (Å²) in [7, 11) is 0. The predicted octanol–water partition coefficient (Wildman–Crippen LogP) is 3.65. The molecule has 0 saturated carbocycles. The number of nitrogens with one attached hydrogen (secondary N) is 1. The highest BCUT2D eigenvalue weighted by Gasteiger charge is 2.14. The molecule has 120 valence electrons. The number of nitrogens with zero attached hydrogens (tertiary/aromatic N) is 2. The first kappa shape index (κ1) is 16.7. The van der Waals surface area contributed by atoms with Crippen LogP contribution in [-0.2, 0) is 6.54 Å². The molecule has 1 heterocycles. The zero-order valence-corrected chi connectivity index (χ0v) is 13.9. The smallest absolute Gasteiger partial charge is 0.261 e. The molecule has 22 heavy (non-hydrogen) atoms. The Morgan fingerprint density at radius 2 is 1.95 bits per heavy atom. The molecule has 0 aliphatic carbocycles. The van der Waals surface area contributed by atoms with Gasteiger partial charge >= 0.3 is 0 Å². The molecule has 0 spiro atoms. The fraction of sp³-hybridized carbons (Fsp3) is 0.556. The van der Waals surface area contributed by atoms with Gasteiger partial charge in [-0.25, -0.2) is 4.98 Å². The van der Waals surface area contributed by atoms with Crippen molar-refractivity contribution in [3.8, 4) is 0 Å². The van der Waals surface area contributed by atoms with Gasteiger partial charge in [-0.3, -0.25) is 9.36 Å². The Kier molecular flexibility index (Phi) is 6.13. The maximum absolute atomic E-state index is 12.6. The highest BCUT2D eigenvalue weighted by Crippen LogP contribution is 2.14. The third-order valence-electron chi connectivity index (χ3n) is 4.08. The molecule has 0 unspecified atom stereocenters. The quantitative estimate of drug-likeness (QED) is 0.757. The van der Waals surface area contributed by atoms with Crippen LogP contribution in [0.4, 0.5) is 0 Å². The summed E-state index contributed by atoms with van der Waals surface area (Å²) in [5.41, 5.74) is 0.842. The molecule has 1 aromatic heterocycles. The van der Waals surface area contributed by atoms with Crippen molar-refractivity contribution in [1.82, 2.24) is 14.9 Å². The highest BCUT2D eigenvalue weighted by molar-refractivity contribution is 5.77. The van der Waals surface area contributed by atoms with Gasteiger partial charge in [0, 0.05) is 6.54 Å². The molecule has 4 nitrogen and oxygen atoms in total. The lowest BCUT2D eigenvalue weighted by molar-refractivity contribution is 0.489. The molecule has 4 heteroatoms. The third kappa shape index (κ3) is 3.74. The molecular formula is C18H27N3O. The summed E-state index contributed by atoms with van der Waals surface area (Å²) in [5.74, 6) is 0.835. The largest absolute Gasteiger partial charge is 0.308 e. The van der Waals surface area contributed by atoms with Gasteiger partial charge in [0.05, 0.1) is 16.9 Å². The Morgan fingerprint density at radius 3 is 2.68 bits per heavy atom. The maximum Gasteiger partial charge on any atom is 0.261 e. The van der Waals surface area contributed by atoms with Crippen molar-refractivity contribution in [2.75, 3.05) is 6.54 Å². The second-order valence-electron chi connectivity index (χ2n) is 5.77. The van der Waals surface area contributed by atoms with Crippen LogP contribution in [0.1, 0.15) is 58.3 Å². The van der Waals surface area contributed by atoms with Crippen molar-refractivity contribution < 1.29 is 0 Å². The lowest BCUT2D eigenvalue weighted by Crippen LogP contribution is -2.31. The van der Waals surface area contributed by atoms with Crippen LogP contribution in [-0.4, -0.2) is 16.1 Å². The van der Waals surface area contributed by atoms with Crippen LogP contribution in [0.25, 0.3) is 10.9 Å². The number of hydrogen-bond donors (Lipinski definition) is 1. The van der Waals surface area contributed by atoms with E-state index in [1.54, 1.807) is 4.57 Å². The van der Waals surface area contributed by atoms with E-state index in [4.69, 9.17) is 4.98 Å². The van der Waals surface area contributed by atoms with E-state index in [1.807, 2.05) is 31.2 Å². The minimum Gasteiger partial charge on any atom is -0.308 e. The van der Waals surface area contributed by atoms with Gasteiger partial charge in [0.15, 0.2) is 0 Å². The Bertz CT molecular complexity index is 663. The van der Waals surface area contributed by atoms with E-state index in [1.165, 1.54) is 25.7 Å². The molecule has 1 aromatic carbocycles. The van der Waals surface area contributed by atoms with Crippen LogP contribution < -0.4 is 10.9 Å². The number of hydrogen-bond acceptors (Lipinski definition) is 3. The van der Waals surface area contributed by atoms with Gasteiger partial charge in [-0.05, 0) is 38.9 Å². The second kappa shape index (κ2) is 8.08. The zero-order chi connectivity index (χ0) is 15.9. The number of benzene rings is 1. The summed E-state index contributed by atoms with van der Waals surface area (Å²) in [6, 6.07) is 7.66. The molecule has 0 amide bonds. The fourth-order valence-electron chi connectivity index (χ4n) is 2.78. The Balaban J connectivity index is 2.20. The topological polar surface area (TPSA) is 46.9 Å². The molecule has 2 aromatic rings. The van der Waals surface area contributed by atoms with E-state index in [2.05, 4.69) is 19.2 Å². The lowest BCUT2D eigenvalue weighted by Gasteiger charge is -2.18. The van der Waals surface area contributed by atoms with Gasteiger partial charge in [0.25, 0.3) is 5.56 Å². The molecular weight excluding hydrogens is 274 g/mol. The Labute approximate surface area is 132 Å². The average molecular weight is 301 g/mol. The van der Waals surface area contributed by atoms with Gasteiger partial charge in [-0.15, -0.1) is 0 Å². The number of rotatable bonds is 8. The van der Waals surface area contributed by atoms with E-state index in [-0.39, 0.29) is 11.6 Å². The van der Waals surface area contributed by atoms with Crippen LogP contribution in [0.2, 0.25) is 0 Å². The summed E-state index contributed by atoms with van der Waals surface area (Å²) in [6.45, 7) is 7.91. The Morgan fingerprint density at radius 1 is 1.18 bits per heavy atom. The number of para-hydroxylation sites is 1. The summed E-state index contributed by atoms with van der Waals surface area (Å²) in [5, 5.41) is 4.20. The van der Waals surface area contributed by atoms with Crippen molar-refractivity contribution in [1.29, 1.82) is 0 Å². The van der Waals surface area contributed by atoms with Crippen molar-refractivity contribution in [2.24, 2.45) is 0 Å². The first-order chi connectivity index (χ1) is 10.7. The zero-order valence-electron chi connectivity index (χ0n) is 13.9. The standard InChI is InChI=1S/C18H27N3O/c1-4-6-7-10-13-19-14(3)17-20-16-12-9-8-11-15(16)18(22)21(17)5-2/h8-9,11-12,14,19H,4-7,10,13H2,1-3H3/t14-/m1/s1. The number of aromatic nitrogens is 2. The van der Waals surface area contributed by atoms with Crippen LogP contribution in [0.3, 0.4) is 0 Å². The SMILES string of the molecule is CCCCCCN[C@H](C)c1nc2ccccc2c(=O)n1CC. The van der Waals surface area contributed by atoms with E-state index >= 15 is 0 Å². The summed E-state index contributed by atoms with van der Waals surface area (Å²) >= 11 is 0. The highest BCUT2D eigenvalue weighted by atomic mass is 16.1. The van der Waals surface area contributed by atoms with Crippen molar-refractivity contribution >= 4 is 10.9 Å². The Hall–Kier alpha value is -1.68. The first-order valence-electron chi connectivity index (χ1n) is 8.41. The molecule has 0 radical (unpaired) electrons. The minimum absolute atomic E-state index is 0.0581. The van der Waals surface area contributed by atoms with E-state index in [9.17, 15) is 4.79 Å². The summed E-state index contributed by atoms with van der Waals surface area (Å²) in [6.07, 6.45) is 4.95. The van der Waals surface area contributed by atoms with Crippen molar-refractivity contribution in [3.05, 3.63) is 40.4 Å². The van der Waals surface area contributed by atoms with Gasteiger partial charge in [0.2, 0.25) is 0 Å². The van der Waals surface area contributed by atoms with Crippen LogP contribution in [0.5, 0.6) is 0 Å². The molecule has 0 fully saturated rings. The number of fused-ring (bicyclic) bond motifs is 1. The van der Waals surface area contributed by atoms with Gasteiger partial charge in [0.1, 0.15) is 5.82 Å². The van der Waals surface area contributed by atoms with E-state index in [0.717, 1.165) is 17.9 Å². The maximum atomic E-state index is 12.6. The monoisotopic (exact) mass is 301 g/mol. The second-order valence-corrected chi connectivity index (χ2v) is 5.77. The van der Waals surface area contributed by atoms with Gasteiger partial charge in [-0.2, -0.15) is 0 Å². The van der Waals surface area contributed by atoms with Crippen molar-refractivity contribution in [3.63, 3.8) is 0 Å². The fourth-order valence-corrected chi connectivity index (χ4v) is 2.78. The molecule has 0 aliphatic rings. The average Bonchev–Trinajstić information content (AvgIpc) is 2.54. The minimum atomic E-state index is 0.0581. The van der Waals surface area contributed by atoms with Gasteiger partial charge < -0.3 is 5.32 Å². The third-order valence-corrected chi connectivity index (χ3v) is 4.08. The molecule has 0 saturated heterocycles. The van der Waals surface area contributed by atoms with Crippen molar-refractivity contribution in [2.45, 2.75) is 59.0 Å². The molecule has 1 N–H and O–H groups in total. The lowest BCUT2D eigenvalue weighted by atomic mass is 10.2. The first-order valence-corrected chi connectivity index (χ1v) is 8.41. The molecule has 1 atom stereocenters. The van der Waals surface area contributed by atoms with Crippen LogP contribution in [0, 0.1) is 0 Å². The van der Waals surface area contributed by atoms with Crippen LogP contribution >= 0.6 is 0 Å².